The minimum atomic E-state index is -0.519. The van der Waals surface area contributed by atoms with Crippen LogP contribution in [0.5, 0.6) is 0 Å². The second-order valence-electron chi connectivity index (χ2n) is 4.20. The third kappa shape index (κ3) is 4.73. The summed E-state index contributed by atoms with van der Waals surface area (Å²) in [5, 5.41) is 0. The number of hydrogen-bond acceptors (Lipinski definition) is 2. The second kappa shape index (κ2) is 7.93. The summed E-state index contributed by atoms with van der Waals surface area (Å²) >= 11 is -0.519. The molecule has 4 heteroatoms. The second-order valence-corrected chi connectivity index (χ2v) is 8.89. The van der Waals surface area contributed by atoms with Crippen LogP contribution in [0, 0.1) is 37.5 Å². The first-order valence-electron chi connectivity index (χ1n) is 5.71. The molecule has 14 heavy (non-hydrogen) atoms. The van der Waals surface area contributed by atoms with Crippen molar-refractivity contribution in [3.05, 3.63) is 0 Å². The van der Waals surface area contributed by atoms with Gasteiger partial charge >= 0.3 is 104 Å². The van der Waals surface area contributed by atoms with Gasteiger partial charge in [-0.3, -0.25) is 0 Å². The van der Waals surface area contributed by atoms with E-state index in [1.165, 1.54) is 64.7 Å². The zero-order chi connectivity index (χ0) is 8.93. The van der Waals surface area contributed by atoms with Gasteiger partial charge in [0, 0.05) is 0 Å². The van der Waals surface area contributed by atoms with Crippen molar-refractivity contribution in [2.75, 3.05) is 26.2 Å². The Bertz CT molecular complexity index is 129. The van der Waals surface area contributed by atoms with Crippen molar-refractivity contribution < 1.29 is 37.5 Å². The molecule has 0 atom stereocenters. The van der Waals surface area contributed by atoms with E-state index in [4.69, 9.17) is 0 Å². The summed E-state index contributed by atoms with van der Waals surface area (Å²) in [4.78, 5) is 0. The van der Waals surface area contributed by atoms with E-state index in [0.29, 0.717) is 0 Å². The Labute approximate surface area is 120 Å². The van der Waals surface area contributed by atoms with E-state index in [9.17, 15) is 0 Å². The van der Waals surface area contributed by atoms with Gasteiger partial charge in [0.25, 0.3) is 0 Å². The van der Waals surface area contributed by atoms with Gasteiger partial charge in [-0.1, -0.05) is 0 Å². The van der Waals surface area contributed by atoms with E-state index in [0.717, 1.165) is 0 Å². The predicted molar refractivity (Wildman–Crippen MR) is 61.2 cm³/mol. The first-order valence-corrected chi connectivity index (χ1v) is 8.58. The van der Waals surface area contributed by atoms with Crippen molar-refractivity contribution in [2.24, 2.45) is 0 Å². The summed E-state index contributed by atoms with van der Waals surface area (Å²) in [7, 11) is 0. The fourth-order valence-corrected chi connectivity index (χ4v) is 6.78. The fourth-order valence-electron chi connectivity index (χ4n) is 2.19. The van der Waals surface area contributed by atoms with Crippen molar-refractivity contribution in [3.63, 3.8) is 0 Å². The summed E-state index contributed by atoms with van der Waals surface area (Å²) in [6, 6.07) is 0. The van der Waals surface area contributed by atoms with Gasteiger partial charge in [0.15, 0.2) is 0 Å². The van der Waals surface area contributed by atoms with Crippen LogP contribution in [-0.2, 0) is 0 Å². The van der Waals surface area contributed by atoms with E-state index in [1.54, 1.807) is 0 Å². The van der Waals surface area contributed by atoms with E-state index >= 15 is 0 Å². The van der Waals surface area contributed by atoms with E-state index < -0.39 is 37.5 Å². The number of halogens is 1. The maximum absolute atomic E-state index is 2.83. The molecule has 0 unspecified atom stereocenters. The topological polar surface area (TPSA) is 6.48 Å². The van der Waals surface area contributed by atoms with Gasteiger partial charge in [-0.25, -0.2) is 0 Å². The van der Waals surface area contributed by atoms with Crippen LogP contribution >= 0.6 is 17.0 Å². The van der Waals surface area contributed by atoms with Crippen LogP contribution in [0.4, 0.5) is 0 Å². The van der Waals surface area contributed by atoms with Crippen LogP contribution in [0.15, 0.2) is 0 Å². The molecule has 2 aliphatic heterocycles. The quantitative estimate of drug-likeness (QED) is 0.711. The van der Waals surface area contributed by atoms with Crippen LogP contribution in [0.3, 0.4) is 0 Å². The third-order valence-electron chi connectivity index (χ3n) is 2.99. The maximum atomic E-state index is 2.83. The Balaban J connectivity index is 0.000000980. The van der Waals surface area contributed by atoms with Gasteiger partial charge in [0.2, 0.25) is 0 Å². The van der Waals surface area contributed by atoms with Crippen LogP contribution < -0.4 is 0 Å². The van der Waals surface area contributed by atoms with Gasteiger partial charge < -0.3 is 0 Å². The summed E-state index contributed by atoms with van der Waals surface area (Å²) < 4.78 is 5.66. The number of piperidine rings is 2. The van der Waals surface area contributed by atoms with Crippen molar-refractivity contribution in [3.8, 4) is 0 Å². The van der Waals surface area contributed by atoms with Crippen molar-refractivity contribution in [1.29, 1.82) is 0 Å². The number of hydrogen-bond donors (Lipinski definition) is 0. The average Bonchev–Trinajstić information content (AvgIpc) is 2.21. The standard InChI is InChI=1S/2C5H10N.BrH.Nd/c2*1-2-4-6-5-3-1;;/h2*1-5H2;1H;/q2*-1;;+2. The molecule has 0 N–H and O–H groups in total. The van der Waals surface area contributed by atoms with Gasteiger partial charge in [-0.2, -0.15) is 0 Å². The van der Waals surface area contributed by atoms with Crippen molar-refractivity contribution in [2.45, 2.75) is 38.5 Å². The molecule has 0 aromatic rings. The third-order valence-corrected chi connectivity index (χ3v) is 7.68. The molecule has 0 aliphatic carbocycles. The first-order chi connectivity index (χ1) is 6.45. The summed E-state index contributed by atoms with van der Waals surface area (Å²) in [6.45, 7) is 5.72. The molecule has 82 valence electrons. The normalized spacial score (nSPS) is 25.4. The van der Waals surface area contributed by atoms with Gasteiger partial charge in [-0.15, -0.1) is 17.0 Å². The van der Waals surface area contributed by atoms with Crippen LogP contribution in [0.25, 0.3) is 0 Å². The predicted octanol–water partition coefficient (Wildman–Crippen LogP) is 2.45. The zero-order valence-corrected chi connectivity index (χ0v) is 13.8. The molecular weight excluding hydrogens is 372 g/mol. The molecular formula is C10H21BrN2Nd. The summed E-state index contributed by atoms with van der Waals surface area (Å²) in [5.74, 6) is 0. The molecule has 2 heterocycles. The first kappa shape index (κ1) is 13.8. The van der Waals surface area contributed by atoms with Crippen LogP contribution in [0.2, 0.25) is 0 Å². The molecule has 0 saturated carbocycles. The molecule has 2 nitrogen and oxygen atoms in total. The van der Waals surface area contributed by atoms with E-state index in [-0.39, 0.29) is 17.0 Å². The Hall–Kier alpha value is 1.75. The molecule has 2 fully saturated rings. The molecule has 0 spiro atoms. The molecule has 0 bridgehead atoms. The Kier molecular flexibility index (Phi) is 7.83. The zero-order valence-electron chi connectivity index (χ0n) is 8.87. The molecule has 0 aromatic carbocycles. The van der Waals surface area contributed by atoms with Crippen molar-refractivity contribution >= 4 is 17.0 Å². The molecule has 2 rings (SSSR count). The van der Waals surface area contributed by atoms with Gasteiger partial charge in [-0.05, 0) is 0 Å². The molecule has 2 aliphatic rings. The van der Waals surface area contributed by atoms with E-state index in [1.807, 2.05) is 0 Å². The monoisotopic (exact) mass is 390 g/mol. The Morgan fingerprint density at radius 2 is 0.929 bits per heavy atom. The van der Waals surface area contributed by atoms with Crippen molar-refractivity contribution in [1.82, 2.24) is 1.97 Å². The summed E-state index contributed by atoms with van der Waals surface area (Å²) in [6.07, 6.45) is 8.86. The Morgan fingerprint density at radius 1 is 0.571 bits per heavy atom. The Morgan fingerprint density at radius 3 is 1.29 bits per heavy atom. The number of nitrogens with zero attached hydrogens (tertiary/aromatic N) is 2. The van der Waals surface area contributed by atoms with Gasteiger partial charge in [0.1, 0.15) is 0 Å². The average molecular weight is 393 g/mol. The van der Waals surface area contributed by atoms with Crippen LogP contribution in [-0.4, -0.2) is 28.1 Å². The summed E-state index contributed by atoms with van der Waals surface area (Å²) in [5.41, 5.74) is 0. The van der Waals surface area contributed by atoms with Gasteiger partial charge in [0.05, 0.1) is 0 Å². The molecule has 0 aromatic heterocycles. The SMILES string of the molecule is Br.C1CC[N]([Nd][N]2CCCCC2)CC1. The fraction of sp³-hybridized carbons (Fsp3) is 1.00. The molecule has 0 amide bonds. The number of rotatable bonds is 2. The minimum absolute atomic E-state index is 0. The van der Waals surface area contributed by atoms with Crippen LogP contribution in [0.1, 0.15) is 38.5 Å². The molecule has 0 radical (unpaired) electrons. The molecule has 2 saturated heterocycles. The van der Waals surface area contributed by atoms with E-state index in [2.05, 4.69) is 1.97 Å².